The van der Waals surface area contributed by atoms with Gasteiger partial charge in [0.25, 0.3) is 0 Å². The van der Waals surface area contributed by atoms with Crippen LogP contribution >= 0.6 is 112 Å². The van der Waals surface area contributed by atoms with Crippen molar-refractivity contribution in [3.05, 3.63) is 49.5 Å². The summed E-state index contributed by atoms with van der Waals surface area (Å²) in [5.41, 5.74) is 2.18. The Balaban J connectivity index is 2.79. The van der Waals surface area contributed by atoms with Gasteiger partial charge >= 0.3 is 0 Å². The van der Waals surface area contributed by atoms with E-state index in [4.69, 9.17) is 0 Å². The number of halogens is 7. The smallest absolute Gasteiger partial charge is 0.0482 e. The second-order valence-corrected chi connectivity index (χ2v) is 9.25. The van der Waals surface area contributed by atoms with Crippen molar-refractivity contribution in [1.29, 1.82) is 0 Å². The Morgan fingerprint density at radius 3 is 1.47 bits per heavy atom. The highest BCUT2D eigenvalue weighted by atomic mass is 79.9. The van der Waals surface area contributed by atoms with Crippen LogP contribution in [0.3, 0.4) is 0 Å². The SMILES string of the molecule is Brc1ccc(-c2c(Br)c(Br)c(Br)c(Br)c2Br)cc1Br. The van der Waals surface area contributed by atoms with Crippen LogP contribution in [0, 0.1) is 0 Å². The first kappa shape index (κ1) is 17.2. The molecule has 0 nitrogen and oxygen atoms in total. The van der Waals surface area contributed by atoms with Gasteiger partial charge in [0.05, 0.1) is 0 Å². The Morgan fingerprint density at radius 1 is 0.526 bits per heavy atom. The normalized spacial score (nSPS) is 10.9. The lowest BCUT2D eigenvalue weighted by molar-refractivity contribution is 1.43. The summed E-state index contributed by atoms with van der Waals surface area (Å²) in [7, 11) is 0. The molecular formula is C12H3Br7. The van der Waals surface area contributed by atoms with E-state index < -0.39 is 0 Å². The molecule has 0 radical (unpaired) electrons. The molecule has 0 amide bonds. The van der Waals surface area contributed by atoms with Crippen molar-refractivity contribution < 1.29 is 0 Å². The van der Waals surface area contributed by atoms with Crippen LogP contribution in [0.25, 0.3) is 11.1 Å². The standard InChI is InChI=1S/C12H3Br7/c13-5-2-1-4(3-6(5)14)7-8(15)10(17)12(19)11(18)9(7)16/h1-3H. The number of hydrogen-bond acceptors (Lipinski definition) is 0. The summed E-state index contributed by atoms with van der Waals surface area (Å²) in [5, 5.41) is 0. The van der Waals surface area contributed by atoms with Gasteiger partial charge in [0.2, 0.25) is 0 Å². The van der Waals surface area contributed by atoms with Crippen LogP contribution in [0.2, 0.25) is 0 Å². The van der Waals surface area contributed by atoms with Gasteiger partial charge in [-0.15, -0.1) is 0 Å². The minimum atomic E-state index is 0.964. The van der Waals surface area contributed by atoms with Gasteiger partial charge in [0.1, 0.15) is 0 Å². The molecule has 0 saturated carbocycles. The maximum absolute atomic E-state index is 3.64. The predicted octanol–water partition coefficient (Wildman–Crippen LogP) is 8.69. The summed E-state index contributed by atoms with van der Waals surface area (Å²) in [6, 6.07) is 6.15. The van der Waals surface area contributed by atoms with Crippen molar-refractivity contribution in [2.24, 2.45) is 0 Å². The molecule has 2 rings (SSSR count). The molecule has 0 atom stereocenters. The molecule has 2 aromatic rings. The molecule has 100 valence electrons. The van der Waals surface area contributed by atoms with Gasteiger partial charge in [0.15, 0.2) is 0 Å². The minimum Gasteiger partial charge on any atom is -0.0531 e. The number of rotatable bonds is 1. The quantitative estimate of drug-likeness (QED) is 0.206. The fourth-order valence-corrected chi connectivity index (χ4v) is 5.64. The maximum atomic E-state index is 3.64. The summed E-state index contributed by atoms with van der Waals surface area (Å²) in [6.07, 6.45) is 0. The summed E-state index contributed by atoms with van der Waals surface area (Å²) in [5.74, 6) is 0. The molecule has 2 aromatic carbocycles. The van der Waals surface area contributed by atoms with E-state index in [9.17, 15) is 0 Å². The molecule has 0 bridgehead atoms. The third-order valence-corrected chi connectivity index (χ3v) is 10.4. The van der Waals surface area contributed by atoms with E-state index in [-0.39, 0.29) is 0 Å². The monoisotopic (exact) mass is 699 g/mol. The van der Waals surface area contributed by atoms with E-state index in [1.54, 1.807) is 0 Å². The lowest BCUT2D eigenvalue weighted by Gasteiger charge is -2.14. The molecular weight excluding hydrogens is 703 g/mol. The lowest BCUT2D eigenvalue weighted by Crippen LogP contribution is -1.88. The third kappa shape index (κ3) is 3.42. The highest BCUT2D eigenvalue weighted by Crippen LogP contribution is 2.49. The largest absolute Gasteiger partial charge is 0.0531 e. The minimum absolute atomic E-state index is 0.964. The Kier molecular flexibility index (Phi) is 6.25. The van der Waals surface area contributed by atoms with Gasteiger partial charge < -0.3 is 0 Å². The zero-order valence-electron chi connectivity index (χ0n) is 8.88. The van der Waals surface area contributed by atoms with Crippen molar-refractivity contribution >= 4 is 112 Å². The fraction of sp³-hybridized carbons (Fsp3) is 0. The Bertz CT molecular complexity index is 635. The molecule has 0 aromatic heterocycles. The molecule has 0 spiro atoms. The van der Waals surface area contributed by atoms with Gasteiger partial charge in [-0.3, -0.25) is 0 Å². The topological polar surface area (TPSA) is 0 Å². The predicted molar refractivity (Wildman–Crippen MR) is 106 cm³/mol. The molecule has 0 aliphatic heterocycles. The van der Waals surface area contributed by atoms with E-state index in [2.05, 4.69) is 124 Å². The van der Waals surface area contributed by atoms with E-state index in [1.807, 2.05) is 6.07 Å². The molecule has 0 heterocycles. The van der Waals surface area contributed by atoms with Crippen LogP contribution < -0.4 is 0 Å². The van der Waals surface area contributed by atoms with Gasteiger partial charge in [-0.1, -0.05) is 6.07 Å². The molecule has 0 saturated heterocycles. The van der Waals surface area contributed by atoms with E-state index >= 15 is 0 Å². The molecule has 19 heavy (non-hydrogen) atoms. The first-order valence-corrected chi connectivity index (χ1v) is 10.4. The number of benzene rings is 2. The van der Waals surface area contributed by atoms with Crippen LogP contribution in [0.1, 0.15) is 0 Å². The maximum Gasteiger partial charge on any atom is 0.0482 e. The second-order valence-electron chi connectivity index (χ2n) is 3.57. The highest BCUT2D eigenvalue weighted by molar-refractivity contribution is 9.16. The third-order valence-electron chi connectivity index (χ3n) is 2.42. The first-order valence-electron chi connectivity index (χ1n) is 4.81. The molecule has 0 N–H and O–H groups in total. The Labute approximate surface area is 170 Å². The van der Waals surface area contributed by atoms with Gasteiger partial charge in [0, 0.05) is 36.9 Å². The van der Waals surface area contributed by atoms with Crippen molar-refractivity contribution in [1.82, 2.24) is 0 Å². The van der Waals surface area contributed by atoms with Crippen LogP contribution in [0.15, 0.2) is 49.5 Å². The Morgan fingerprint density at radius 2 is 1.00 bits per heavy atom. The first-order chi connectivity index (χ1) is 8.84. The van der Waals surface area contributed by atoms with E-state index in [0.717, 1.165) is 42.4 Å². The fourth-order valence-electron chi connectivity index (χ4n) is 1.51. The van der Waals surface area contributed by atoms with Crippen molar-refractivity contribution in [2.45, 2.75) is 0 Å². The molecule has 0 aliphatic rings. The summed E-state index contributed by atoms with van der Waals surface area (Å²) < 4.78 is 6.92. The van der Waals surface area contributed by atoms with Gasteiger partial charge in [-0.2, -0.15) is 0 Å². The average Bonchev–Trinajstić information content (AvgIpc) is 2.38. The highest BCUT2D eigenvalue weighted by Gasteiger charge is 2.19. The lowest BCUT2D eigenvalue weighted by atomic mass is 10.1. The molecule has 0 aliphatic carbocycles. The van der Waals surface area contributed by atoms with Crippen LogP contribution in [0.5, 0.6) is 0 Å². The summed E-state index contributed by atoms with van der Waals surface area (Å²) in [6.45, 7) is 0. The Hall–Kier alpha value is 1.80. The van der Waals surface area contributed by atoms with Crippen molar-refractivity contribution in [3.8, 4) is 11.1 Å². The zero-order chi connectivity index (χ0) is 14.3. The van der Waals surface area contributed by atoms with Crippen LogP contribution in [-0.4, -0.2) is 0 Å². The summed E-state index contributed by atoms with van der Waals surface area (Å²) in [4.78, 5) is 0. The van der Waals surface area contributed by atoms with Crippen LogP contribution in [0.4, 0.5) is 0 Å². The van der Waals surface area contributed by atoms with Crippen molar-refractivity contribution in [3.63, 3.8) is 0 Å². The van der Waals surface area contributed by atoms with Gasteiger partial charge in [-0.25, -0.2) is 0 Å². The molecule has 0 unspecified atom stereocenters. The average molecular weight is 706 g/mol. The van der Waals surface area contributed by atoms with Gasteiger partial charge in [-0.05, 0) is 129 Å². The molecule has 0 fully saturated rings. The molecule has 7 heteroatoms. The van der Waals surface area contributed by atoms with Crippen LogP contribution in [-0.2, 0) is 0 Å². The van der Waals surface area contributed by atoms with E-state index in [0.29, 0.717) is 0 Å². The number of hydrogen-bond donors (Lipinski definition) is 0. The second kappa shape index (κ2) is 6.92. The van der Waals surface area contributed by atoms with E-state index in [1.165, 1.54) is 0 Å². The van der Waals surface area contributed by atoms with Crippen molar-refractivity contribution in [2.75, 3.05) is 0 Å². The zero-order valence-corrected chi connectivity index (χ0v) is 20.0. The summed E-state index contributed by atoms with van der Waals surface area (Å²) >= 11 is 25.0.